The van der Waals surface area contributed by atoms with Gasteiger partial charge in [-0.3, -0.25) is 0 Å². The van der Waals surface area contributed by atoms with Gasteiger partial charge in [0.25, 0.3) is 0 Å². The molecule has 5 nitrogen and oxygen atoms in total. The van der Waals surface area contributed by atoms with Crippen molar-refractivity contribution < 1.29 is 22.4 Å². The average Bonchev–Trinajstić information content (AvgIpc) is 3.44. The molecule has 4 heterocycles. The molecule has 6 heteroatoms. The fourth-order valence-electron chi connectivity index (χ4n) is 6.14. The van der Waals surface area contributed by atoms with Crippen LogP contribution in [0.1, 0.15) is 51.3 Å². The fraction of sp³-hybridized carbons (Fsp3) is 0.257. The summed E-state index contributed by atoms with van der Waals surface area (Å²) in [6, 6.07) is 35.7. The molecule has 41 heavy (non-hydrogen) atoms. The zero-order chi connectivity index (χ0) is 28.1. The van der Waals surface area contributed by atoms with Gasteiger partial charge in [-0.05, 0) is 0 Å². The minimum absolute atomic E-state index is 0.0402. The molecule has 4 aromatic carbocycles. The van der Waals surface area contributed by atoms with Crippen molar-refractivity contribution in [1.29, 1.82) is 0 Å². The van der Waals surface area contributed by atoms with E-state index in [1.807, 2.05) is 6.07 Å². The van der Waals surface area contributed by atoms with Crippen LogP contribution in [0, 0.1) is 12.1 Å². The van der Waals surface area contributed by atoms with E-state index in [0.29, 0.717) is 0 Å². The third-order valence-corrected chi connectivity index (χ3v) is 11.8. The zero-order valence-corrected chi connectivity index (χ0v) is 26.2. The molecule has 0 atom stereocenters. The Hall–Kier alpha value is -3.69. The van der Waals surface area contributed by atoms with Crippen LogP contribution in [0.3, 0.4) is 0 Å². The van der Waals surface area contributed by atoms with Gasteiger partial charge in [0.05, 0.1) is 0 Å². The Morgan fingerprint density at radius 1 is 0.732 bits per heavy atom. The molecule has 210 valence electrons. The van der Waals surface area contributed by atoms with Crippen LogP contribution in [0.25, 0.3) is 0 Å². The van der Waals surface area contributed by atoms with Crippen LogP contribution in [0.4, 0.5) is 22.7 Å². The monoisotopic (exact) mass is 719 g/mol. The molecule has 0 amide bonds. The number of hydrogen-bond acceptors (Lipinski definition) is 5. The van der Waals surface area contributed by atoms with Crippen LogP contribution >= 0.6 is 0 Å². The molecule has 0 aromatic heterocycles. The summed E-state index contributed by atoms with van der Waals surface area (Å²) >= 11 is -0.566. The Kier molecular flexibility index (Phi) is 5.29. The topological polar surface area (TPSA) is 22.2 Å². The molecule has 0 radical (unpaired) electrons. The van der Waals surface area contributed by atoms with E-state index >= 15 is 0 Å². The zero-order valence-electron chi connectivity index (χ0n) is 23.9. The summed E-state index contributed by atoms with van der Waals surface area (Å²) in [7, 11) is 0. The number of fused-ring (bicyclic) bond motifs is 10. The van der Waals surface area contributed by atoms with Crippen LogP contribution in [-0.2, 0) is 35.1 Å². The molecule has 4 aliphatic heterocycles. The average molecular weight is 720 g/mol. The molecule has 0 fully saturated rings. The number of para-hydroxylation sites is 4. The first-order valence-electron chi connectivity index (χ1n) is 14.1. The molecule has 0 saturated carbocycles. The fourth-order valence-corrected chi connectivity index (χ4v) is 10.00. The van der Waals surface area contributed by atoms with Gasteiger partial charge in [0.15, 0.2) is 0 Å². The summed E-state index contributed by atoms with van der Waals surface area (Å²) in [4.78, 5) is 10.2. The van der Waals surface area contributed by atoms with Crippen molar-refractivity contribution in [2.45, 2.75) is 52.1 Å². The van der Waals surface area contributed by atoms with Gasteiger partial charge >= 0.3 is 251 Å². The van der Waals surface area contributed by atoms with Crippen molar-refractivity contribution in [3.05, 3.63) is 108 Å². The summed E-state index contributed by atoms with van der Waals surface area (Å²) in [6.07, 6.45) is 0. The Balaban J connectivity index is 1.44. The van der Waals surface area contributed by atoms with Gasteiger partial charge in [-0.2, -0.15) is 0 Å². The van der Waals surface area contributed by atoms with Crippen molar-refractivity contribution in [1.82, 2.24) is 0 Å². The molecular formula is C35H32N4OPt-2. The van der Waals surface area contributed by atoms with Crippen molar-refractivity contribution in [2.75, 3.05) is 26.3 Å². The number of ether oxygens (including phenoxy) is 1. The standard InChI is InChI=1S/C35H32N4O.Pt/c1-34(2,3)26-18-27-20-29(19-26)40-28-12-10-11-25(17-28)21-36-22-37(31-14-7-6-13-30(31)36)23-38-24-39(35(27,4)5)33-16-9-8-15-32(33)38;/h6-16,18-19H,21,23H2,1-5H3;/q-2;. The van der Waals surface area contributed by atoms with Gasteiger partial charge in [0, 0.05) is 0 Å². The molecule has 6 bridgehead atoms. The van der Waals surface area contributed by atoms with E-state index in [4.69, 9.17) is 4.74 Å². The van der Waals surface area contributed by atoms with Crippen LogP contribution < -0.4 is 24.3 Å². The molecule has 0 spiro atoms. The van der Waals surface area contributed by atoms with Crippen LogP contribution in [0.15, 0.2) is 78.9 Å². The van der Waals surface area contributed by atoms with Gasteiger partial charge < -0.3 is 0 Å². The van der Waals surface area contributed by atoms with Gasteiger partial charge in [0.2, 0.25) is 0 Å². The third kappa shape index (κ3) is 3.78. The minimum atomic E-state index is -0.566. The van der Waals surface area contributed by atoms with E-state index in [2.05, 4.69) is 139 Å². The Morgan fingerprint density at radius 3 is 2.12 bits per heavy atom. The van der Waals surface area contributed by atoms with Crippen molar-refractivity contribution in [2.24, 2.45) is 0 Å². The Labute approximate surface area is 250 Å². The van der Waals surface area contributed by atoms with E-state index in [-0.39, 0.29) is 11.0 Å². The Bertz CT molecular complexity index is 1810. The second-order valence-electron chi connectivity index (χ2n) is 12.6. The van der Waals surface area contributed by atoms with Crippen LogP contribution in [0.5, 0.6) is 11.5 Å². The third-order valence-electron chi connectivity index (χ3n) is 8.40. The maximum absolute atomic E-state index is 6.55. The predicted molar refractivity (Wildman–Crippen MR) is 164 cm³/mol. The van der Waals surface area contributed by atoms with Gasteiger partial charge in [-0.15, -0.1) is 0 Å². The number of anilines is 4. The first-order chi connectivity index (χ1) is 19.7. The summed E-state index contributed by atoms with van der Waals surface area (Å²) in [5, 5.41) is 0. The number of rotatable bonds is 0. The van der Waals surface area contributed by atoms with Crippen molar-refractivity contribution in [3.8, 4) is 11.5 Å². The second kappa shape index (κ2) is 8.66. The normalized spacial score (nSPS) is 18.4. The maximum atomic E-state index is 6.55. The second-order valence-corrected chi connectivity index (χ2v) is 15.2. The van der Waals surface area contributed by atoms with Crippen molar-refractivity contribution in [3.63, 3.8) is 0 Å². The molecule has 0 saturated heterocycles. The SMILES string of the molecule is CC(C)(C)c1cc2[c-]c(c1)C(C)(C)N1[C]3=[Pt]=[C]4N(Cc5[c-]c(ccc5)O2)c2ccccc2N4CN3c2ccccc21. The van der Waals surface area contributed by atoms with E-state index in [1.54, 1.807) is 0 Å². The van der Waals surface area contributed by atoms with E-state index in [0.717, 1.165) is 35.8 Å². The first kappa shape index (κ1) is 25.1. The summed E-state index contributed by atoms with van der Waals surface area (Å²) in [5.74, 6) is 1.46. The van der Waals surface area contributed by atoms with E-state index in [1.165, 1.54) is 36.6 Å². The van der Waals surface area contributed by atoms with Gasteiger partial charge in [0.1, 0.15) is 0 Å². The molecule has 8 rings (SSSR count). The molecule has 0 aliphatic carbocycles. The number of hydrogen-bond donors (Lipinski definition) is 0. The van der Waals surface area contributed by atoms with Crippen LogP contribution in [0.2, 0.25) is 0 Å². The molecule has 4 aliphatic rings. The first-order valence-corrected chi connectivity index (χ1v) is 16.4. The predicted octanol–water partition coefficient (Wildman–Crippen LogP) is 7.01. The quantitative estimate of drug-likeness (QED) is 0.182. The summed E-state index contributed by atoms with van der Waals surface area (Å²) in [6.45, 7) is 13.0. The summed E-state index contributed by atoms with van der Waals surface area (Å²) < 4.78 is 9.37. The molecule has 4 aromatic rings. The van der Waals surface area contributed by atoms with E-state index in [9.17, 15) is 0 Å². The van der Waals surface area contributed by atoms with Crippen LogP contribution in [-0.4, -0.2) is 15.0 Å². The number of benzene rings is 4. The van der Waals surface area contributed by atoms with Gasteiger partial charge in [-0.1, -0.05) is 0 Å². The van der Waals surface area contributed by atoms with Crippen molar-refractivity contribution >= 4 is 31.0 Å². The number of nitrogens with zero attached hydrogens (tertiary/aromatic N) is 4. The molecule has 0 unspecified atom stereocenters. The molecular weight excluding hydrogens is 687 g/mol. The van der Waals surface area contributed by atoms with Gasteiger partial charge in [-0.25, -0.2) is 0 Å². The summed E-state index contributed by atoms with van der Waals surface area (Å²) in [5.41, 5.74) is 8.15. The molecule has 0 N–H and O–H groups in total. The van der Waals surface area contributed by atoms with E-state index < -0.39 is 17.6 Å². The Morgan fingerprint density at radius 2 is 1.39 bits per heavy atom.